The van der Waals surface area contributed by atoms with Crippen LogP contribution in [0.25, 0.3) is 0 Å². The molecule has 0 saturated carbocycles. The number of nitrogens with zero attached hydrogens (tertiary/aromatic N) is 3. The minimum Gasteiger partial charge on any atom is -0.508 e. The highest BCUT2D eigenvalue weighted by molar-refractivity contribution is 5.55. The normalized spacial score (nSPS) is 15.4. The van der Waals surface area contributed by atoms with Crippen LogP contribution >= 0.6 is 0 Å². The summed E-state index contributed by atoms with van der Waals surface area (Å²) >= 11 is 0. The van der Waals surface area contributed by atoms with E-state index in [0.717, 1.165) is 12.1 Å². The van der Waals surface area contributed by atoms with Crippen molar-refractivity contribution in [2.24, 2.45) is 0 Å². The molecule has 0 saturated heterocycles. The highest BCUT2D eigenvalue weighted by Crippen LogP contribution is 2.45. The molecule has 1 aliphatic heterocycles. The molecule has 7 nitrogen and oxygen atoms in total. The molecule has 0 amide bonds. The molecule has 7 heteroatoms. The fourth-order valence-corrected chi connectivity index (χ4v) is 3.18. The second kappa shape index (κ2) is 6.34. The Bertz CT molecular complexity index is 993. The summed E-state index contributed by atoms with van der Waals surface area (Å²) in [6, 6.07) is 8.69. The largest absolute Gasteiger partial charge is 0.508 e. The molecule has 1 atom stereocenters. The first-order chi connectivity index (χ1) is 12.5. The zero-order valence-electron chi connectivity index (χ0n) is 14.6. The number of aromatic nitrogens is 2. The van der Waals surface area contributed by atoms with E-state index in [1.165, 1.54) is 0 Å². The monoisotopic (exact) mass is 352 g/mol. The van der Waals surface area contributed by atoms with E-state index in [4.69, 9.17) is 14.6 Å². The predicted molar refractivity (Wildman–Crippen MR) is 94.5 cm³/mol. The first-order valence-corrected chi connectivity index (χ1v) is 8.37. The highest BCUT2D eigenvalue weighted by Gasteiger charge is 2.33. The lowest BCUT2D eigenvalue weighted by molar-refractivity contribution is 0.368. The van der Waals surface area contributed by atoms with Crippen molar-refractivity contribution < 1.29 is 14.3 Å². The first kappa shape index (κ1) is 16.4. The van der Waals surface area contributed by atoms with Crippen molar-refractivity contribution in [1.82, 2.24) is 14.5 Å². The molecule has 2 aromatic heterocycles. The highest BCUT2D eigenvalue weighted by atomic mass is 16.5. The Labute approximate surface area is 150 Å². The fraction of sp³-hybridized carbons (Fsp3) is 0.263. The molecule has 0 unspecified atom stereocenters. The maximum atomic E-state index is 9.80. The van der Waals surface area contributed by atoms with Gasteiger partial charge in [-0.25, -0.2) is 4.98 Å². The SMILES string of the molecule is CN(C)CCn1cnc2c(c1=N)[C@@H](c1ccco1)c1ccc(O)cc1O2. The number of furan rings is 1. The molecule has 134 valence electrons. The lowest BCUT2D eigenvalue weighted by Crippen LogP contribution is -2.32. The zero-order chi connectivity index (χ0) is 18.3. The van der Waals surface area contributed by atoms with Crippen LogP contribution in [0, 0.1) is 5.41 Å². The minimum absolute atomic E-state index is 0.119. The number of fused-ring (bicyclic) bond motifs is 2. The summed E-state index contributed by atoms with van der Waals surface area (Å²) < 4.78 is 13.4. The van der Waals surface area contributed by atoms with Gasteiger partial charge < -0.3 is 23.7 Å². The first-order valence-electron chi connectivity index (χ1n) is 8.37. The van der Waals surface area contributed by atoms with E-state index in [0.29, 0.717) is 35.0 Å². The molecule has 1 aliphatic rings. The van der Waals surface area contributed by atoms with E-state index in [1.807, 2.05) is 30.8 Å². The van der Waals surface area contributed by atoms with Crippen LogP contribution in [0.5, 0.6) is 17.4 Å². The van der Waals surface area contributed by atoms with E-state index < -0.39 is 0 Å². The van der Waals surface area contributed by atoms with Gasteiger partial charge in [-0.05, 0) is 32.3 Å². The van der Waals surface area contributed by atoms with Gasteiger partial charge >= 0.3 is 0 Å². The third kappa shape index (κ3) is 2.76. The molecular formula is C19H20N4O3. The summed E-state index contributed by atoms with van der Waals surface area (Å²) in [6.45, 7) is 1.45. The van der Waals surface area contributed by atoms with Crippen LogP contribution in [0.2, 0.25) is 0 Å². The minimum atomic E-state index is -0.309. The van der Waals surface area contributed by atoms with Crippen LogP contribution in [0.15, 0.2) is 47.3 Å². The summed E-state index contributed by atoms with van der Waals surface area (Å²) in [6.07, 6.45) is 3.24. The Balaban J connectivity index is 1.88. The van der Waals surface area contributed by atoms with Crippen molar-refractivity contribution >= 4 is 0 Å². The quantitative estimate of drug-likeness (QED) is 0.589. The summed E-state index contributed by atoms with van der Waals surface area (Å²) in [5.41, 5.74) is 1.85. The van der Waals surface area contributed by atoms with Gasteiger partial charge in [-0.3, -0.25) is 5.41 Å². The molecule has 3 heterocycles. The average molecular weight is 352 g/mol. The third-order valence-corrected chi connectivity index (χ3v) is 4.51. The number of aromatic hydroxyl groups is 1. The van der Waals surface area contributed by atoms with Gasteiger partial charge in [0, 0.05) is 24.7 Å². The van der Waals surface area contributed by atoms with Crippen LogP contribution in [0.1, 0.15) is 22.8 Å². The van der Waals surface area contributed by atoms with E-state index in [2.05, 4.69) is 9.88 Å². The smallest absolute Gasteiger partial charge is 0.228 e. The standard InChI is InChI=1S/C19H20N4O3/c1-22(2)7-8-23-11-21-19-17(18(23)20)16(14-4-3-9-25-14)13-6-5-12(24)10-15(13)26-19/h3-6,9-11,16,20,24H,7-8H2,1-2H3/t16-/m1/s1. The van der Waals surface area contributed by atoms with Crippen molar-refractivity contribution in [3.05, 3.63) is 65.3 Å². The number of phenolic OH excluding ortho intramolecular Hbond substituents is 1. The summed E-state index contributed by atoms with van der Waals surface area (Å²) in [7, 11) is 3.99. The molecule has 3 aromatic rings. The number of ether oxygens (including phenoxy) is 1. The number of benzene rings is 1. The molecule has 0 fully saturated rings. The van der Waals surface area contributed by atoms with Gasteiger partial charge in [-0.1, -0.05) is 6.07 Å². The molecular weight excluding hydrogens is 332 g/mol. The molecule has 0 bridgehead atoms. The second-order valence-corrected chi connectivity index (χ2v) is 6.58. The summed E-state index contributed by atoms with van der Waals surface area (Å²) in [5.74, 6) is 1.42. The summed E-state index contributed by atoms with van der Waals surface area (Å²) in [5, 5.41) is 18.5. The topological polar surface area (TPSA) is 87.5 Å². The number of likely N-dealkylation sites (N-methyl/N-ethyl adjacent to an activating group) is 1. The number of hydrogen-bond donors (Lipinski definition) is 2. The Morgan fingerprint density at radius 3 is 2.88 bits per heavy atom. The van der Waals surface area contributed by atoms with Crippen LogP contribution < -0.4 is 10.2 Å². The van der Waals surface area contributed by atoms with Crippen molar-refractivity contribution in [3.63, 3.8) is 0 Å². The lowest BCUT2D eigenvalue weighted by Gasteiger charge is -2.27. The van der Waals surface area contributed by atoms with Gasteiger partial charge in [-0.15, -0.1) is 0 Å². The maximum Gasteiger partial charge on any atom is 0.228 e. The molecule has 0 radical (unpaired) electrons. The molecule has 26 heavy (non-hydrogen) atoms. The fourth-order valence-electron chi connectivity index (χ4n) is 3.18. The second-order valence-electron chi connectivity index (χ2n) is 6.58. The molecule has 2 N–H and O–H groups in total. The van der Waals surface area contributed by atoms with E-state index in [-0.39, 0.29) is 11.7 Å². The van der Waals surface area contributed by atoms with E-state index >= 15 is 0 Å². The number of hydrogen-bond acceptors (Lipinski definition) is 6. The van der Waals surface area contributed by atoms with Gasteiger partial charge in [0.05, 0.1) is 17.7 Å². The number of rotatable bonds is 4. The molecule has 1 aromatic carbocycles. The predicted octanol–water partition coefficient (Wildman–Crippen LogP) is 2.51. The zero-order valence-corrected chi connectivity index (χ0v) is 14.6. The Morgan fingerprint density at radius 1 is 1.31 bits per heavy atom. The molecule has 0 spiro atoms. The van der Waals surface area contributed by atoms with Crippen LogP contribution in [-0.4, -0.2) is 40.2 Å². The Morgan fingerprint density at radius 2 is 2.15 bits per heavy atom. The maximum absolute atomic E-state index is 9.80. The molecule has 0 aliphatic carbocycles. The summed E-state index contributed by atoms with van der Waals surface area (Å²) in [4.78, 5) is 6.49. The van der Waals surface area contributed by atoms with Crippen LogP contribution in [0.4, 0.5) is 0 Å². The van der Waals surface area contributed by atoms with Crippen molar-refractivity contribution in [2.75, 3.05) is 20.6 Å². The Kier molecular flexibility index (Phi) is 4.00. The van der Waals surface area contributed by atoms with E-state index in [1.54, 1.807) is 30.8 Å². The van der Waals surface area contributed by atoms with Crippen molar-refractivity contribution in [2.45, 2.75) is 12.5 Å². The number of nitrogens with one attached hydrogen (secondary N) is 1. The van der Waals surface area contributed by atoms with Gasteiger partial charge in [0.2, 0.25) is 5.88 Å². The Hall–Kier alpha value is -3.06. The van der Waals surface area contributed by atoms with Gasteiger partial charge in [0.1, 0.15) is 29.1 Å². The molecule has 4 rings (SSSR count). The van der Waals surface area contributed by atoms with Crippen molar-refractivity contribution in [3.8, 4) is 17.4 Å². The lowest BCUT2D eigenvalue weighted by atomic mass is 9.87. The van der Waals surface area contributed by atoms with E-state index in [9.17, 15) is 5.11 Å². The van der Waals surface area contributed by atoms with Crippen LogP contribution in [-0.2, 0) is 6.54 Å². The average Bonchev–Trinajstić information content (AvgIpc) is 3.13. The van der Waals surface area contributed by atoms with Crippen LogP contribution in [0.3, 0.4) is 0 Å². The van der Waals surface area contributed by atoms with Gasteiger partial charge in [0.15, 0.2) is 0 Å². The number of phenols is 1. The van der Waals surface area contributed by atoms with Gasteiger partial charge in [-0.2, -0.15) is 0 Å². The van der Waals surface area contributed by atoms with Gasteiger partial charge in [0.25, 0.3) is 0 Å². The third-order valence-electron chi connectivity index (χ3n) is 4.51. The van der Waals surface area contributed by atoms with Crippen molar-refractivity contribution in [1.29, 1.82) is 5.41 Å².